The van der Waals surface area contributed by atoms with E-state index in [1.807, 2.05) is 6.92 Å². The first kappa shape index (κ1) is 19.6. The van der Waals surface area contributed by atoms with Crippen molar-refractivity contribution >= 4 is 16.1 Å². The van der Waals surface area contributed by atoms with E-state index in [1.54, 1.807) is 31.2 Å². The standard InChI is InChI=1S/C17H26O5S/c1-3-21-17(18)9-7-5-4-6-8-14-22-23(19,20)16-12-10-15(2)11-13-16/h10-13H,3-9,14H2,1-2H3. The number of unbranched alkanes of at least 4 members (excludes halogenated alkanes) is 4. The number of hydrogen-bond donors (Lipinski definition) is 0. The summed E-state index contributed by atoms with van der Waals surface area (Å²) in [5.41, 5.74) is 1.01. The molecule has 0 fully saturated rings. The molecule has 0 amide bonds. The first-order valence-corrected chi connectivity index (χ1v) is 9.48. The summed E-state index contributed by atoms with van der Waals surface area (Å²) in [7, 11) is -3.65. The van der Waals surface area contributed by atoms with Crippen molar-refractivity contribution in [3.05, 3.63) is 29.8 Å². The Bertz CT molecular complexity index is 563. The number of esters is 1. The van der Waals surface area contributed by atoms with E-state index in [1.165, 1.54) is 0 Å². The molecular formula is C17H26O5S. The quantitative estimate of drug-likeness (QED) is 0.349. The smallest absolute Gasteiger partial charge is 0.305 e. The molecule has 23 heavy (non-hydrogen) atoms. The van der Waals surface area contributed by atoms with Crippen LogP contribution >= 0.6 is 0 Å². The SMILES string of the molecule is CCOC(=O)CCCCCCCOS(=O)(=O)c1ccc(C)cc1. The van der Waals surface area contributed by atoms with Crippen LogP contribution in [0.2, 0.25) is 0 Å². The van der Waals surface area contributed by atoms with E-state index in [0.29, 0.717) is 19.4 Å². The first-order chi connectivity index (χ1) is 11.0. The fourth-order valence-corrected chi connectivity index (χ4v) is 3.02. The zero-order chi connectivity index (χ0) is 17.1. The Morgan fingerprint density at radius 1 is 1.00 bits per heavy atom. The number of rotatable bonds is 11. The van der Waals surface area contributed by atoms with Gasteiger partial charge in [-0.25, -0.2) is 0 Å². The van der Waals surface area contributed by atoms with Crippen LogP contribution in [0.3, 0.4) is 0 Å². The fraction of sp³-hybridized carbons (Fsp3) is 0.588. The highest BCUT2D eigenvalue weighted by atomic mass is 32.2. The van der Waals surface area contributed by atoms with Crippen molar-refractivity contribution in [3.8, 4) is 0 Å². The summed E-state index contributed by atoms with van der Waals surface area (Å²) in [6.45, 7) is 4.31. The molecule has 1 rings (SSSR count). The molecule has 0 unspecified atom stereocenters. The molecule has 0 saturated carbocycles. The van der Waals surface area contributed by atoms with Crippen LogP contribution in [0.1, 0.15) is 51.0 Å². The molecule has 5 nitrogen and oxygen atoms in total. The number of benzene rings is 1. The molecular weight excluding hydrogens is 316 g/mol. The molecule has 0 N–H and O–H groups in total. The largest absolute Gasteiger partial charge is 0.466 e. The summed E-state index contributed by atoms with van der Waals surface area (Å²) in [6.07, 6.45) is 4.71. The van der Waals surface area contributed by atoms with Crippen molar-refractivity contribution in [1.29, 1.82) is 0 Å². The van der Waals surface area contributed by atoms with E-state index in [2.05, 4.69) is 0 Å². The van der Waals surface area contributed by atoms with Crippen LogP contribution in [0.15, 0.2) is 29.2 Å². The number of ether oxygens (including phenoxy) is 1. The van der Waals surface area contributed by atoms with Gasteiger partial charge < -0.3 is 4.74 Å². The monoisotopic (exact) mass is 342 g/mol. The minimum Gasteiger partial charge on any atom is -0.466 e. The Morgan fingerprint density at radius 2 is 1.61 bits per heavy atom. The third-order valence-electron chi connectivity index (χ3n) is 3.38. The predicted octanol–water partition coefficient (Wildman–Crippen LogP) is 3.60. The summed E-state index contributed by atoms with van der Waals surface area (Å²) < 4.78 is 33.8. The Kier molecular flexibility index (Phi) is 8.87. The Morgan fingerprint density at radius 3 is 2.26 bits per heavy atom. The van der Waals surface area contributed by atoms with Crippen LogP contribution in [-0.2, 0) is 23.8 Å². The molecule has 0 aliphatic heterocycles. The van der Waals surface area contributed by atoms with Crippen LogP contribution in [0.25, 0.3) is 0 Å². The third-order valence-corrected chi connectivity index (χ3v) is 4.71. The van der Waals surface area contributed by atoms with Gasteiger partial charge in [-0.2, -0.15) is 8.42 Å². The molecule has 0 aromatic heterocycles. The van der Waals surface area contributed by atoms with Gasteiger partial charge in [0.05, 0.1) is 18.1 Å². The van der Waals surface area contributed by atoms with Crippen LogP contribution in [0, 0.1) is 6.92 Å². The molecule has 130 valence electrons. The summed E-state index contributed by atoms with van der Waals surface area (Å²) >= 11 is 0. The zero-order valence-corrected chi connectivity index (χ0v) is 14.7. The second-order valence-electron chi connectivity index (χ2n) is 5.41. The lowest BCUT2D eigenvalue weighted by Crippen LogP contribution is -2.07. The molecule has 6 heteroatoms. The van der Waals surface area contributed by atoms with E-state index in [9.17, 15) is 13.2 Å². The maximum absolute atomic E-state index is 11.9. The molecule has 0 bridgehead atoms. The van der Waals surface area contributed by atoms with E-state index in [4.69, 9.17) is 8.92 Å². The van der Waals surface area contributed by atoms with Crippen molar-refractivity contribution in [1.82, 2.24) is 0 Å². The highest BCUT2D eigenvalue weighted by molar-refractivity contribution is 7.86. The highest BCUT2D eigenvalue weighted by Crippen LogP contribution is 2.14. The molecule has 0 aliphatic rings. The van der Waals surface area contributed by atoms with Crippen LogP contribution in [0.4, 0.5) is 0 Å². The van der Waals surface area contributed by atoms with Gasteiger partial charge in [0, 0.05) is 6.42 Å². The lowest BCUT2D eigenvalue weighted by molar-refractivity contribution is -0.143. The molecule has 0 spiro atoms. The topological polar surface area (TPSA) is 69.7 Å². The third kappa shape index (κ3) is 8.13. The minimum absolute atomic E-state index is 0.153. The summed E-state index contributed by atoms with van der Waals surface area (Å²) in [4.78, 5) is 11.3. The van der Waals surface area contributed by atoms with Gasteiger partial charge in [0.1, 0.15) is 0 Å². The molecule has 1 aromatic carbocycles. The van der Waals surface area contributed by atoms with Crippen molar-refractivity contribution in [3.63, 3.8) is 0 Å². The molecule has 0 radical (unpaired) electrons. The molecule has 0 heterocycles. The normalized spacial score (nSPS) is 11.4. The lowest BCUT2D eigenvalue weighted by Gasteiger charge is -2.06. The van der Waals surface area contributed by atoms with Crippen molar-refractivity contribution in [2.75, 3.05) is 13.2 Å². The second-order valence-corrected chi connectivity index (χ2v) is 7.03. The average Bonchev–Trinajstić information content (AvgIpc) is 2.50. The Labute approximate surface area is 139 Å². The van der Waals surface area contributed by atoms with Crippen molar-refractivity contribution < 1.29 is 22.1 Å². The van der Waals surface area contributed by atoms with E-state index in [-0.39, 0.29) is 17.5 Å². The number of hydrogen-bond acceptors (Lipinski definition) is 5. The maximum Gasteiger partial charge on any atom is 0.305 e. The van der Waals surface area contributed by atoms with Gasteiger partial charge >= 0.3 is 5.97 Å². The van der Waals surface area contributed by atoms with Gasteiger partial charge in [-0.05, 0) is 38.8 Å². The molecule has 0 atom stereocenters. The molecule has 0 saturated heterocycles. The maximum atomic E-state index is 11.9. The van der Waals surface area contributed by atoms with Gasteiger partial charge in [-0.1, -0.05) is 37.0 Å². The fourth-order valence-electron chi connectivity index (χ4n) is 2.08. The van der Waals surface area contributed by atoms with Crippen LogP contribution in [-0.4, -0.2) is 27.6 Å². The molecule has 0 aliphatic carbocycles. The van der Waals surface area contributed by atoms with E-state index < -0.39 is 10.1 Å². The summed E-state index contributed by atoms with van der Waals surface area (Å²) in [6, 6.07) is 6.61. The average molecular weight is 342 g/mol. The van der Waals surface area contributed by atoms with Gasteiger partial charge in [0.15, 0.2) is 0 Å². The van der Waals surface area contributed by atoms with Gasteiger partial charge in [-0.15, -0.1) is 0 Å². The van der Waals surface area contributed by atoms with Crippen molar-refractivity contribution in [2.24, 2.45) is 0 Å². The second kappa shape index (κ2) is 10.4. The molecule has 1 aromatic rings. The zero-order valence-electron chi connectivity index (χ0n) is 13.9. The van der Waals surface area contributed by atoms with E-state index >= 15 is 0 Å². The Balaban J connectivity index is 2.13. The van der Waals surface area contributed by atoms with Crippen LogP contribution in [0.5, 0.6) is 0 Å². The van der Waals surface area contributed by atoms with Crippen molar-refractivity contribution in [2.45, 2.75) is 57.3 Å². The number of carbonyl (C=O) groups is 1. The van der Waals surface area contributed by atoms with E-state index in [0.717, 1.165) is 31.2 Å². The Hall–Kier alpha value is -1.40. The van der Waals surface area contributed by atoms with Gasteiger partial charge in [0.25, 0.3) is 10.1 Å². The van der Waals surface area contributed by atoms with Gasteiger partial charge in [0.2, 0.25) is 0 Å². The minimum atomic E-state index is -3.65. The highest BCUT2D eigenvalue weighted by Gasteiger charge is 2.14. The summed E-state index contributed by atoms with van der Waals surface area (Å²) in [5, 5.41) is 0. The first-order valence-electron chi connectivity index (χ1n) is 8.07. The lowest BCUT2D eigenvalue weighted by atomic mass is 10.1. The van der Waals surface area contributed by atoms with Crippen LogP contribution < -0.4 is 0 Å². The van der Waals surface area contributed by atoms with Gasteiger partial charge in [-0.3, -0.25) is 8.98 Å². The number of aryl methyl sites for hydroxylation is 1. The number of carbonyl (C=O) groups excluding carboxylic acids is 1. The predicted molar refractivity (Wildman–Crippen MR) is 88.7 cm³/mol. The summed E-state index contributed by atoms with van der Waals surface area (Å²) in [5.74, 6) is -0.153.